The van der Waals surface area contributed by atoms with Crippen molar-refractivity contribution in [2.24, 2.45) is 11.8 Å². The Hall–Kier alpha value is -1.75. The van der Waals surface area contributed by atoms with E-state index in [-0.39, 0.29) is 18.6 Å². The summed E-state index contributed by atoms with van der Waals surface area (Å²) in [7, 11) is 0. The van der Waals surface area contributed by atoms with Crippen LogP contribution in [0.5, 0.6) is 0 Å². The minimum absolute atomic E-state index is 0.0963. The summed E-state index contributed by atoms with van der Waals surface area (Å²) < 4.78 is 0. The molecule has 132 valence electrons. The molecule has 1 aromatic carbocycles. The zero-order chi connectivity index (χ0) is 17.7. The van der Waals surface area contributed by atoms with Gasteiger partial charge in [0.25, 0.3) is 0 Å². The highest BCUT2D eigenvalue weighted by atomic mass is 35.5. The number of benzene rings is 1. The van der Waals surface area contributed by atoms with E-state index in [1.54, 1.807) is 4.90 Å². The molecule has 0 aliphatic carbocycles. The molecule has 1 saturated heterocycles. The topological polar surface area (TPSA) is 69.6 Å². The number of aliphatic carboxylic acids is 1. The van der Waals surface area contributed by atoms with E-state index < -0.39 is 11.9 Å². The van der Waals surface area contributed by atoms with Crippen molar-refractivity contribution in [1.82, 2.24) is 10.2 Å². The van der Waals surface area contributed by atoms with Crippen LogP contribution in [0.4, 0.5) is 4.79 Å². The molecular formula is C18H25ClN2O3. The number of halogens is 1. The maximum atomic E-state index is 12.5. The smallest absolute Gasteiger partial charge is 0.317 e. The van der Waals surface area contributed by atoms with E-state index in [0.29, 0.717) is 23.9 Å². The molecule has 2 unspecified atom stereocenters. The number of urea groups is 1. The first-order chi connectivity index (χ1) is 11.4. The summed E-state index contributed by atoms with van der Waals surface area (Å²) in [5, 5.41) is 12.8. The number of hydrogen-bond acceptors (Lipinski definition) is 2. The Kier molecular flexibility index (Phi) is 6.49. The van der Waals surface area contributed by atoms with E-state index in [0.717, 1.165) is 18.4 Å². The fraction of sp³-hybridized carbons (Fsp3) is 0.556. The minimum atomic E-state index is -0.834. The quantitative estimate of drug-likeness (QED) is 0.814. The van der Waals surface area contributed by atoms with Gasteiger partial charge in [-0.05, 0) is 42.9 Å². The third-order valence-corrected chi connectivity index (χ3v) is 4.68. The molecule has 5 nitrogen and oxygen atoms in total. The Labute approximate surface area is 148 Å². The van der Waals surface area contributed by atoms with Crippen LogP contribution in [0.3, 0.4) is 0 Å². The predicted molar refractivity (Wildman–Crippen MR) is 94.1 cm³/mol. The fourth-order valence-electron chi connectivity index (χ4n) is 2.90. The van der Waals surface area contributed by atoms with Gasteiger partial charge in [-0.1, -0.05) is 37.6 Å². The highest BCUT2D eigenvalue weighted by Gasteiger charge is 2.31. The van der Waals surface area contributed by atoms with E-state index in [1.165, 1.54) is 0 Å². The summed E-state index contributed by atoms with van der Waals surface area (Å²) in [6, 6.07) is 7.21. The zero-order valence-corrected chi connectivity index (χ0v) is 14.9. The largest absolute Gasteiger partial charge is 0.481 e. The Morgan fingerprint density at radius 1 is 1.29 bits per heavy atom. The minimum Gasteiger partial charge on any atom is -0.481 e. The Bertz CT molecular complexity index is 574. The van der Waals surface area contributed by atoms with Gasteiger partial charge in [0.2, 0.25) is 0 Å². The number of carbonyl (C=O) groups is 2. The summed E-state index contributed by atoms with van der Waals surface area (Å²) in [6.45, 7) is 5.07. The average molecular weight is 353 g/mol. The molecule has 2 atom stereocenters. The fourth-order valence-corrected chi connectivity index (χ4v) is 3.03. The van der Waals surface area contributed by atoms with Crippen molar-refractivity contribution in [3.05, 3.63) is 34.9 Å². The lowest BCUT2D eigenvalue weighted by molar-refractivity contribution is -0.141. The molecule has 0 aromatic heterocycles. The summed E-state index contributed by atoms with van der Waals surface area (Å²) in [5.41, 5.74) is 1.02. The summed E-state index contributed by atoms with van der Waals surface area (Å²) in [6.07, 6.45) is 2.34. The van der Waals surface area contributed by atoms with Gasteiger partial charge in [0.15, 0.2) is 0 Å². The van der Waals surface area contributed by atoms with Crippen molar-refractivity contribution < 1.29 is 14.7 Å². The highest BCUT2D eigenvalue weighted by Crippen LogP contribution is 2.24. The number of carboxylic acids is 1. The van der Waals surface area contributed by atoms with Crippen molar-refractivity contribution >= 4 is 23.6 Å². The maximum Gasteiger partial charge on any atom is 0.317 e. The Balaban J connectivity index is 2.03. The van der Waals surface area contributed by atoms with E-state index in [9.17, 15) is 9.59 Å². The second-order valence-corrected chi connectivity index (χ2v) is 7.23. The van der Waals surface area contributed by atoms with Gasteiger partial charge in [-0.15, -0.1) is 0 Å². The van der Waals surface area contributed by atoms with Gasteiger partial charge in [0.05, 0.1) is 12.0 Å². The molecule has 1 fully saturated rings. The van der Waals surface area contributed by atoms with Crippen molar-refractivity contribution in [2.45, 2.75) is 39.2 Å². The molecule has 0 radical (unpaired) electrons. The first-order valence-electron chi connectivity index (χ1n) is 8.40. The number of nitrogens with zero attached hydrogens (tertiary/aromatic N) is 1. The summed E-state index contributed by atoms with van der Waals surface area (Å²) in [4.78, 5) is 25.2. The molecule has 1 aliphatic heterocycles. The first-order valence-corrected chi connectivity index (χ1v) is 8.78. The second kappa shape index (κ2) is 8.38. The SMILES string of the molecule is CC(C)CCC(NC(=O)N1CCC(C(=O)O)C1)c1ccc(Cl)cc1. The van der Waals surface area contributed by atoms with Crippen LogP contribution in [0.15, 0.2) is 24.3 Å². The highest BCUT2D eigenvalue weighted by molar-refractivity contribution is 6.30. The van der Waals surface area contributed by atoms with Crippen molar-refractivity contribution in [2.75, 3.05) is 13.1 Å². The molecule has 0 spiro atoms. The van der Waals surface area contributed by atoms with E-state index in [2.05, 4.69) is 19.2 Å². The molecule has 24 heavy (non-hydrogen) atoms. The van der Waals surface area contributed by atoms with Crippen LogP contribution in [-0.2, 0) is 4.79 Å². The van der Waals surface area contributed by atoms with Gasteiger partial charge in [-0.25, -0.2) is 4.79 Å². The number of amides is 2. The first kappa shape index (κ1) is 18.6. The molecule has 2 rings (SSSR count). The van der Waals surface area contributed by atoms with Gasteiger partial charge in [-0.3, -0.25) is 4.79 Å². The van der Waals surface area contributed by atoms with E-state index in [1.807, 2.05) is 24.3 Å². The van der Waals surface area contributed by atoms with E-state index in [4.69, 9.17) is 16.7 Å². The number of nitrogens with one attached hydrogen (secondary N) is 1. The van der Waals surface area contributed by atoms with E-state index >= 15 is 0 Å². The number of carboxylic acid groups (broad SMARTS) is 1. The molecular weight excluding hydrogens is 328 g/mol. The van der Waals surface area contributed by atoms with Crippen LogP contribution in [0.2, 0.25) is 5.02 Å². The van der Waals surface area contributed by atoms with Crippen molar-refractivity contribution in [3.63, 3.8) is 0 Å². The van der Waals surface area contributed by atoms with Gasteiger partial charge < -0.3 is 15.3 Å². The lowest BCUT2D eigenvalue weighted by atomic mass is 9.98. The van der Waals surface area contributed by atoms with Crippen LogP contribution < -0.4 is 5.32 Å². The third-order valence-electron chi connectivity index (χ3n) is 4.43. The van der Waals surface area contributed by atoms with Crippen molar-refractivity contribution in [3.8, 4) is 0 Å². The molecule has 1 aliphatic rings. The van der Waals surface area contributed by atoms with Crippen LogP contribution in [-0.4, -0.2) is 35.1 Å². The summed E-state index contributed by atoms with van der Waals surface area (Å²) in [5.74, 6) is -0.750. The Morgan fingerprint density at radius 2 is 1.96 bits per heavy atom. The van der Waals surface area contributed by atoms with Gasteiger partial charge in [0, 0.05) is 18.1 Å². The van der Waals surface area contributed by atoms with Crippen LogP contribution in [0.1, 0.15) is 44.7 Å². The summed E-state index contributed by atoms with van der Waals surface area (Å²) >= 11 is 5.95. The molecule has 6 heteroatoms. The monoisotopic (exact) mass is 352 g/mol. The second-order valence-electron chi connectivity index (χ2n) is 6.79. The number of carbonyl (C=O) groups excluding carboxylic acids is 1. The van der Waals surface area contributed by atoms with Crippen molar-refractivity contribution in [1.29, 1.82) is 0 Å². The van der Waals surface area contributed by atoms with Gasteiger partial charge in [0.1, 0.15) is 0 Å². The normalized spacial score (nSPS) is 18.7. The molecule has 1 aromatic rings. The number of likely N-dealkylation sites (tertiary alicyclic amines) is 1. The average Bonchev–Trinajstić information content (AvgIpc) is 3.02. The van der Waals surface area contributed by atoms with Gasteiger partial charge in [-0.2, -0.15) is 0 Å². The van der Waals surface area contributed by atoms with Gasteiger partial charge >= 0.3 is 12.0 Å². The molecule has 2 amide bonds. The van der Waals surface area contributed by atoms with Crippen LogP contribution >= 0.6 is 11.6 Å². The van der Waals surface area contributed by atoms with Crippen LogP contribution in [0.25, 0.3) is 0 Å². The molecule has 2 N–H and O–H groups in total. The van der Waals surface area contributed by atoms with Crippen LogP contribution in [0, 0.1) is 11.8 Å². The molecule has 0 bridgehead atoms. The third kappa shape index (κ3) is 5.13. The standard InChI is InChI=1S/C18H25ClN2O3/c1-12(2)3-8-16(13-4-6-15(19)7-5-13)20-18(24)21-10-9-14(11-21)17(22)23/h4-7,12,14,16H,3,8-11H2,1-2H3,(H,20,24)(H,22,23). The predicted octanol–water partition coefficient (Wildman–Crippen LogP) is 3.93. The lowest BCUT2D eigenvalue weighted by Gasteiger charge is -2.24. The Morgan fingerprint density at radius 3 is 2.50 bits per heavy atom. The molecule has 0 saturated carbocycles. The zero-order valence-electron chi connectivity index (χ0n) is 14.2. The number of hydrogen-bond donors (Lipinski definition) is 2. The lowest BCUT2D eigenvalue weighted by Crippen LogP contribution is -2.40. The molecule has 1 heterocycles. The number of rotatable bonds is 6. The maximum absolute atomic E-state index is 12.5.